The Morgan fingerprint density at radius 2 is 1.38 bits per heavy atom. The van der Waals surface area contributed by atoms with Gasteiger partial charge in [0.25, 0.3) is 0 Å². The number of hydrogen-bond acceptors (Lipinski definition) is 4. The molecule has 0 aromatic heterocycles. The minimum atomic E-state index is -0.328. The number of ether oxygens (including phenoxy) is 2. The molecule has 32 heavy (non-hydrogen) atoms. The molecule has 0 aliphatic rings. The molecule has 0 unspecified atom stereocenters. The molecule has 0 saturated carbocycles. The number of benzene rings is 2. The van der Waals surface area contributed by atoms with Crippen LogP contribution in [0.3, 0.4) is 0 Å². The van der Waals surface area contributed by atoms with Gasteiger partial charge in [-0.2, -0.15) is 5.26 Å². The molecule has 0 heterocycles. The summed E-state index contributed by atoms with van der Waals surface area (Å²) in [6, 6.07) is 17.9. The van der Waals surface area contributed by atoms with Crippen molar-refractivity contribution in [1.29, 1.82) is 5.26 Å². The lowest BCUT2D eigenvalue weighted by atomic mass is 10.0. The number of hydrogen-bond donors (Lipinski definition) is 0. The molecule has 0 N–H and O–H groups in total. The fraction of sp³-hybridized carbons (Fsp3) is 0.429. The maximum atomic E-state index is 10.9. The van der Waals surface area contributed by atoms with Crippen molar-refractivity contribution < 1.29 is 14.3 Å². The number of esters is 1. The van der Waals surface area contributed by atoms with Crippen LogP contribution in [0.5, 0.6) is 5.75 Å². The number of carbonyl (C=O) groups is 1. The van der Waals surface area contributed by atoms with Crippen molar-refractivity contribution in [2.75, 3.05) is 13.2 Å². The van der Waals surface area contributed by atoms with Crippen LogP contribution in [-0.2, 0) is 9.53 Å². The first-order valence-electron chi connectivity index (χ1n) is 11.8. The summed E-state index contributed by atoms with van der Waals surface area (Å²) in [7, 11) is 0. The summed E-state index contributed by atoms with van der Waals surface area (Å²) in [6.45, 7) is 4.62. The van der Waals surface area contributed by atoms with Gasteiger partial charge in [-0.15, -0.1) is 0 Å². The Hall–Kier alpha value is -3.06. The van der Waals surface area contributed by atoms with E-state index < -0.39 is 0 Å². The number of para-hydroxylation sites is 1. The molecule has 0 spiro atoms. The second kappa shape index (κ2) is 15.7. The molecule has 2 aromatic carbocycles. The Balaban J connectivity index is 1.51. The molecular weight excluding hydrogens is 398 g/mol. The highest BCUT2D eigenvalue weighted by Gasteiger charge is 2.06. The van der Waals surface area contributed by atoms with Gasteiger partial charge in [-0.1, -0.05) is 88.3 Å². The van der Waals surface area contributed by atoms with Crippen molar-refractivity contribution in [2.45, 2.75) is 64.2 Å². The van der Waals surface area contributed by atoms with Crippen LogP contribution in [0.25, 0.3) is 11.1 Å². The molecule has 0 saturated heterocycles. The Bertz CT molecular complexity index is 852. The van der Waals surface area contributed by atoms with E-state index in [1.807, 2.05) is 42.5 Å². The maximum absolute atomic E-state index is 10.9. The Morgan fingerprint density at radius 1 is 0.812 bits per heavy atom. The summed E-state index contributed by atoms with van der Waals surface area (Å²) < 4.78 is 11.0. The van der Waals surface area contributed by atoms with Gasteiger partial charge in [0.15, 0.2) is 0 Å². The van der Waals surface area contributed by atoms with Gasteiger partial charge in [-0.3, -0.25) is 0 Å². The third-order valence-corrected chi connectivity index (χ3v) is 5.42. The number of nitrogens with zero attached hydrogens (tertiary/aromatic N) is 1. The molecule has 4 heteroatoms. The summed E-state index contributed by atoms with van der Waals surface area (Å²) in [5, 5.41) is 8.97. The third-order valence-electron chi connectivity index (χ3n) is 5.42. The number of rotatable bonds is 16. The molecule has 2 aromatic rings. The molecular formula is C28H35NO3. The van der Waals surface area contributed by atoms with Crippen molar-refractivity contribution in [1.82, 2.24) is 0 Å². The molecule has 0 atom stereocenters. The molecule has 170 valence electrons. The standard InChI is InChI=1S/C28H35NO3/c1-2-28(30)32-22-14-10-8-6-4-3-5-7-9-13-21-31-27-16-12-11-15-26(27)25-19-17-24(23-29)18-20-25/h2,11-12,15-20H,1,3-10,13-14,21-22H2. The van der Waals surface area contributed by atoms with E-state index in [1.54, 1.807) is 0 Å². The first-order chi connectivity index (χ1) is 15.7. The molecule has 0 radical (unpaired) electrons. The van der Waals surface area contributed by atoms with Gasteiger partial charge < -0.3 is 9.47 Å². The minimum absolute atomic E-state index is 0.328. The predicted molar refractivity (Wildman–Crippen MR) is 129 cm³/mol. The van der Waals surface area contributed by atoms with Gasteiger partial charge in [-0.05, 0) is 36.6 Å². The second-order valence-electron chi connectivity index (χ2n) is 7.94. The van der Waals surface area contributed by atoms with Gasteiger partial charge >= 0.3 is 5.97 Å². The third kappa shape index (κ3) is 9.83. The number of carbonyl (C=O) groups excluding carboxylic acids is 1. The maximum Gasteiger partial charge on any atom is 0.330 e. The summed E-state index contributed by atoms with van der Waals surface area (Å²) in [5.74, 6) is 0.572. The SMILES string of the molecule is C=CC(=O)OCCCCCCCCCCCCOc1ccccc1-c1ccc(C#N)cc1. The molecule has 4 nitrogen and oxygen atoms in total. The topological polar surface area (TPSA) is 59.3 Å². The highest BCUT2D eigenvalue weighted by molar-refractivity contribution is 5.81. The fourth-order valence-corrected chi connectivity index (χ4v) is 3.59. The largest absolute Gasteiger partial charge is 0.493 e. The van der Waals surface area contributed by atoms with Crippen LogP contribution in [0.4, 0.5) is 0 Å². The van der Waals surface area contributed by atoms with Gasteiger partial charge in [0.2, 0.25) is 0 Å². The van der Waals surface area contributed by atoms with E-state index in [9.17, 15) is 4.79 Å². The molecule has 0 fully saturated rings. The van der Waals surface area contributed by atoms with E-state index in [1.165, 1.54) is 51.0 Å². The predicted octanol–water partition coefficient (Wildman–Crippen LogP) is 7.23. The zero-order valence-electron chi connectivity index (χ0n) is 19.1. The minimum Gasteiger partial charge on any atom is -0.493 e. The lowest BCUT2D eigenvalue weighted by Gasteiger charge is -2.12. The van der Waals surface area contributed by atoms with Crippen molar-refractivity contribution in [3.8, 4) is 22.9 Å². The molecule has 0 bridgehead atoms. The Kier molecular flexibility index (Phi) is 12.4. The highest BCUT2D eigenvalue weighted by atomic mass is 16.5. The van der Waals surface area contributed by atoms with Crippen LogP contribution in [0.2, 0.25) is 0 Å². The quantitative estimate of drug-likeness (QED) is 0.159. The first-order valence-corrected chi connectivity index (χ1v) is 11.8. The smallest absolute Gasteiger partial charge is 0.330 e. The summed E-state index contributed by atoms with van der Waals surface area (Å²) in [4.78, 5) is 10.9. The van der Waals surface area contributed by atoms with E-state index >= 15 is 0 Å². The van der Waals surface area contributed by atoms with Crippen LogP contribution < -0.4 is 4.74 Å². The van der Waals surface area contributed by atoms with Crippen LogP contribution in [0.1, 0.15) is 69.8 Å². The van der Waals surface area contributed by atoms with Crippen LogP contribution in [0, 0.1) is 11.3 Å². The van der Waals surface area contributed by atoms with E-state index in [-0.39, 0.29) is 5.97 Å². The summed E-state index contributed by atoms with van der Waals surface area (Å²) >= 11 is 0. The molecule has 0 aliphatic heterocycles. The van der Waals surface area contributed by atoms with Crippen molar-refractivity contribution in [3.05, 3.63) is 66.7 Å². The van der Waals surface area contributed by atoms with Crippen molar-refractivity contribution >= 4 is 5.97 Å². The number of nitriles is 1. The monoisotopic (exact) mass is 433 g/mol. The van der Waals surface area contributed by atoms with Gasteiger partial charge in [0.1, 0.15) is 5.75 Å². The van der Waals surface area contributed by atoms with Gasteiger partial charge in [0, 0.05) is 11.6 Å². The highest BCUT2D eigenvalue weighted by Crippen LogP contribution is 2.30. The first kappa shape index (κ1) is 25.2. The van der Waals surface area contributed by atoms with E-state index in [2.05, 4.69) is 18.7 Å². The normalized spacial score (nSPS) is 10.3. The van der Waals surface area contributed by atoms with Crippen LogP contribution in [0.15, 0.2) is 61.2 Å². The average Bonchev–Trinajstić information content (AvgIpc) is 2.84. The van der Waals surface area contributed by atoms with Crippen LogP contribution >= 0.6 is 0 Å². The Labute approximate surface area is 192 Å². The average molecular weight is 434 g/mol. The van der Waals surface area contributed by atoms with Crippen molar-refractivity contribution in [3.63, 3.8) is 0 Å². The lowest BCUT2D eigenvalue weighted by Crippen LogP contribution is -2.01. The fourth-order valence-electron chi connectivity index (χ4n) is 3.59. The second-order valence-corrected chi connectivity index (χ2v) is 7.94. The van der Waals surface area contributed by atoms with E-state index in [4.69, 9.17) is 14.7 Å². The summed E-state index contributed by atoms with van der Waals surface area (Å²) in [6.07, 6.45) is 13.1. The van der Waals surface area contributed by atoms with Gasteiger partial charge in [-0.25, -0.2) is 4.79 Å². The zero-order valence-corrected chi connectivity index (χ0v) is 19.1. The number of unbranched alkanes of at least 4 members (excludes halogenated alkanes) is 9. The molecule has 0 aliphatic carbocycles. The van der Waals surface area contributed by atoms with Crippen LogP contribution in [-0.4, -0.2) is 19.2 Å². The molecule has 2 rings (SSSR count). The van der Waals surface area contributed by atoms with Crippen molar-refractivity contribution in [2.24, 2.45) is 0 Å². The Morgan fingerprint density at radius 3 is 1.97 bits per heavy atom. The van der Waals surface area contributed by atoms with E-state index in [0.29, 0.717) is 12.2 Å². The zero-order chi connectivity index (χ0) is 22.9. The van der Waals surface area contributed by atoms with Gasteiger partial charge in [0.05, 0.1) is 24.8 Å². The molecule has 0 amide bonds. The lowest BCUT2D eigenvalue weighted by molar-refractivity contribution is -0.137. The van der Waals surface area contributed by atoms with E-state index in [0.717, 1.165) is 42.7 Å². The summed E-state index contributed by atoms with van der Waals surface area (Å²) in [5.41, 5.74) is 2.80.